The Morgan fingerprint density at radius 1 is 1.29 bits per heavy atom. The van der Waals surface area contributed by atoms with Crippen molar-refractivity contribution in [2.45, 2.75) is 19.3 Å². The number of carbonyl (C=O) groups is 2. The van der Waals surface area contributed by atoms with Crippen molar-refractivity contribution in [3.05, 3.63) is 42.5 Å². The molecule has 2 fully saturated rings. The predicted molar refractivity (Wildman–Crippen MR) is 87.1 cm³/mol. The SMILES string of the molecule is C=CC(=O)N(C)c1ccc(C(=O)N2CC3(CC(C(F)F)C3)C2)cc1. The minimum absolute atomic E-state index is 0.0761. The van der Waals surface area contributed by atoms with Crippen molar-refractivity contribution < 1.29 is 18.4 Å². The maximum Gasteiger partial charge on any atom is 0.253 e. The van der Waals surface area contributed by atoms with E-state index in [-0.39, 0.29) is 17.2 Å². The minimum Gasteiger partial charge on any atom is -0.337 e. The van der Waals surface area contributed by atoms with Gasteiger partial charge in [-0.15, -0.1) is 0 Å². The van der Waals surface area contributed by atoms with Gasteiger partial charge in [-0.2, -0.15) is 0 Å². The summed E-state index contributed by atoms with van der Waals surface area (Å²) in [5.41, 5.74) is 1.14. The summed E-state index contributed by atoms with van der Waals surface area (Å²) in [6.07, 6.45) is 0.0104. The first-order valence-corrected chi connectivity index (χ1v) is 7.93. The molecule has 128 valence electrons. The molecule has 0 aromatic heterocycles. The number of amides is 2. The molecule has 1 aromatic rings. The number of likely N-dealkylation sites (N-methyl/N-ethyl adjacent to an activating group) is 1. The lowest BCUT2D eigenvalue weighted by Gasteiger charge is -2.58. The summed E-state index contributed by atoms with van der Waals surface area (Å²) in [4.78, 5) is 27.1. The number of carbonyl (C=O) groups excluding carboxylic acids is 2. The quantitative estimate of drug-likeness (QED) is 0.795. The first-order chi connectivity index (χ1) is 11.3. The van der Waals surface area contributed by atoms with Gasteiger partial charge in [-0.3, -0.25) is 9.59 Å². The number of likely N-dealkylation sites (tertiary alicyclic amines) is 1. The molecular formula is C18H20F2N2O2. The molecule has 1 aliphatic carbocycles. The molecule has 6 heteroatoms. The first-order valence-electron chi connectivity index (χ1n) is 7.93. The molecular weight excluding hydrogens is 314 g/mol. The molecule has 0 radical (unpaired) electrons. The van der Waals surface area contributed by atoms with Crippen molar-refractivity contribution in [1.29, 1.82) is 0 Å². The van der Waals surface area contributed by atoms with Crippen molar-refractivity contribution in [2.24, 2.45) is 11.3 Å². The highest BCUT2D eigenvalue weighted by molar-refractivity contribution is 6.01. The highest BCUT2D eigenvalue weighted by Gasteiger charge is 2.55. The van der Waals surface area contributed by atoms with Crippen molar-refractivity contribution in [1.82, 2.24) is 4.90 Å². The summed E-state index contributed by atoms with van der Waals surface area (Å²) in [5, 5.41) is 0. The summed E-state index contributed by atoms with van der Waals surface area (Å²) in [5.74, 6) is -0.817. The Balaban J connectivity index is 1.57. The maximum atomic E-state index is 12.6. The molecule has 0 N–H and O–H groups in total. The van der Waals surface area contributed by atoms with Crippen LogP contribution in [0.3, 0.4) is 0 Å². The fraction of sp³-hybridized carbons (Fsp3) is 0.444. The van der Waals surface area contributed by atoms with Gasteiger partial charge in [-0.1, -0.05) is 6.58 Å². The first kappa shape index (κ1) is 16.6. The van der Waals surface area contributed by atoms with Crippen LogP contribution in [0.5, 0.6) is 0 Å². The number of anilines is 1. The van der Waals surface area contributed by atoms with Crippen molar-refractivity contribution >= 4 is 17.5 Å². The molecule has 3 rings (SSSR count). The zero-order valence-electron chi connectivity index (χ0n) is 13.5. The Morgan fingerprint density at radius 3 is 2.38 bits per heavy atom. The normalized spacial score (nSPS) is 18.9. The van der Waals surface area contributed by atoms with Gasteiger partial charge in [0.05, 0.1) is 0 Å². The molecule has 0 atom stereocenters. The third-order valence-electron chi connectivity index (χ3n) is 5.09. The highest BCUT2D eigenvalue weighted by Crippen LogP contribution is 2.53. The standard InChI is InChI=1S/C18H20F2N2O2/c1-3-15(23)21(2)14-6-4-12(5-7-14)17(24)22-10-18(11-22)8-13(9-18)16(19)20/h3-7,13,16H,1,8-11H2,2H3. The molecule has 2 aliphatic rings. The molecule has 1 saturated heterocycles. The Labute approximate surface area is 139 Å². The Hall–Kier alpha value is -2.24. The van der Waals surface area contributed by atoms with E-state index >= 15 is 0 Å². The van der Waals surface area contributed by atoms with Crippen molar-refractivity contribution in [3.63, 3.8) is 0 Å². The molecule has 1 saturated carbocycles. The largest absolute Gasteiger partial charge is 0.337 e. The molecule has 0 bridgehead atoms. The maximum absolute atomic E-state index is 12.6. The molecule has 2 amide bonds. The Morgan fingerprint density at radius 2 is 1.88 bits per heavy atom. The van der Waals surface area contributed by atoms with Crippen LogP contribution >= 0.6 is 0 Å². The zero-order valence-corrected chi connectivity index (χ0v) is 13.5. The van der Waals surface area contributed by atoms with E-state index in [1.54, 1.807) is 36.2 Å². The average Bonchev–Trinajstić information content (AvgIpc) is 2.50. The number of benzene rings is 1. The van der Waals surface area contributed by atoms with Crippen LogP contribution in [0.1, 0.15) is 23.2 Å². The van der Waals surface area contributed by atoms with Gasteiger partial charge in [0.2, 0.25) is 12.3 Å². The van der Waals surface area contributed by atoms with Crippen LogP contribution in [0.4, 0.5) is 14.5 Å². The summed E-state index contributed by atoms with van der Waals surface area (Å²) < 4.78 is 25.2. The van der Waals surface area contributed by atoms with E-state index in [4.69, 9.17) is 0 Å². The number of alkyl halides is 2. The fourth-order valence-electron chi connectivity index (χ4n) is 3.67. The van der Waals surface area contributed by atoms with E-state index in [0.29, 0.717) is 37.2 Å². The van der Waals surface area contributed by atoms with Crippen LogP contribution in [0.25, 0.3) is 0 Å². The van der Waals surface area contributed by atoms with Gasteiger partial charge in [0.25, 0.3) is 5.91 Å². The molecule has 1 heterocycles. The number of hydrogen-bond donors (Lipinski definition) is 0. The van der Waals surface area contributed by atoms with Crippen LogP contribution in [-0.2, 0) is 4.79 Å². The molecule has 4 nitrogen and oxygen atoms in total. The molecule has 0 unspecified atom stereocenters. The Kier molecular flexibility index (Phi) is 4.15. The number of nitrogens with zero attached hydrogens (tertiary/aromatic N) is 2. The molecule has 1 aliphatic heterocycles. The minimum atomic E-state index is -2.25. The summed E-state index contributed by atoms with van der Waals surface area (Å²) in [7, 11) is 1.63. The van der Waals surface area contributed by atoms with Crippen LogP contribution in [0.15, 0.2) is 36.9 Å². The lowest BCUT2D eigenvalue weighted by Crippen LogP contribution is -2.64. The topological polar surface area (TPSA) is 40.6 Å². The summed E-state index contributed by atoms with van der Waals surface area (Å²) in [6.45, 7) is 4.56. The number of rotatable bonds is 4. The van der Waals surface area contributed by atoms with Gasteiger partial charge in [-0.05, 0) is 43.2 Å². The molecule has 24 heavy (non-hydrogen) atoms. The molecule has 1 spiro atoms. The van der Waals surface area contributed by atoms with Crippen LogP contribution in [-0.4, -0.2) is 43.3 Å². The van der Waals surface area contributed by atoms with Crippen LogP contribution in [0, 0.1) is 11.3 Å². The second kappa shape index (κ2) is 6.00. The van der Waals surface area contributed by atoms with E-state index < -0.39 is 12.3 Å². The average molecular weight is 334 g/mol. The van der Waals surface area contributed by atoms with E-state index in [9.17, 15) is 18.4 Å². The summed E-state index contributed by atoms with van der Waals surface area (Å²) >= 11 is 0. The van der Waals surface area contributed by atoms with Crippen molar-refractivity contribution in [3.8, 4) is 0 Å². The van der Waals surface area contributed by atoms with Crippen LogP contribution < -0.4 is 4.90 Å². The predicted octanol–water partition coefficient (Wildman–Crippen LogP) is 2.95. The second-order valence-corrected chi connectivity index (χ2v) is 6.81. The lowest BCUT2D eigenvalue weighted by atomic mass is 9.58. The van der Waals surface area contributed by atoms with Gasteiger partial charge >= 0.3 is 0 Å². The van der Waals surface area contributed by atoms with Gasteiger partial charge in [0.1, 0.15) is 0 Å². The lowest BCUT2D eigenvalue weighted by molar-refractivity contribution is -0.120. The van der Waals surface area contributed by atoms with E-state index in [1.807, 2.05) is 0 Å². The Bertz CT molecular complexity index is 658. The molecule has 1 aromatic carbocycles. The van der Waals surface area contributed by atoms with Gasteiger partial charge in [-0.25, -0.2) is 8.78 Å². The smallest absolute Gasteiger partial charge is 0.253 e. The van der Waals surface area contributed by atoms with Gasteiger partial charge in [0, 0.05) is 42.7 Å². The second-order valence-electron chi connectivity index (χ2n) is 6.81. The van der Waals surface area contributed by atoms with Crippen molar-refractivity contribution in [2.75, 3.05) is 25.0 Å². The highest BCUT2D eigenvalue weighted by atomic mass is 19.3. The number of halogens is 2. The van der Waals surface area contributed by atoms with E-state index in [0.717, 1.165) is 0 Å². The van der Waals surface area contributed by atoms with Crippen LogP contribution in [0.2, 0.25) is 0 Å². The summed E-state index contributed by atoms with van der Waals surface area (Å²) in [6, 6.07) is 6.78. The monoisotopic (exact) mass is 334 g/mol. The van der Waals surface area contributed by atoms with Gasteiger partial charge < -0.3 is 9.80 Å². The van der Waals surface area contributed by atoms with Gasteiger partial charge in [0.15, 0.2) is 0 Å². The van der Waals surface area contributed by atoms with E-state index in [1.165, 1.54) is 11.0 Å². The zero-order chi connectivity index (χ0) is 17.5. The fourth-order valence-corrected chi connectivity index (χ4v) is 3.67. The third kappa shape index (κ3) is 2.81. The number of hydrogen-bond acceptors (Lipinski definition) is 2. The third-order valence-corrected chi connectivity index (χ3v) is 5.09. The van der Waals surface area contributed by atoms with E-state index in [2.05, 4.69) is 6.58 Å².